The zero-order valence-electron chi connectivity index (χ0n) is 11.4. The summed E-state index contributed by atoms with van der Waals surface area (Å²) in [6.07, 6.45) is -4.21. The number of nitrogens with zero attached hydrogens (tertiary/aromatic N) is 1. The summed E-state index contributed by atoms with van der Waals surface area (Å²) in [5, 5.41) is 11.3. The monoisotopic (exact) mass is 284 g/mol. The van der Waals surface area contributed by atoms with Gasteiger partial charge in [0, 0.05) is 5.69 Å². The Bertz CT molecular complexity index is 561. The highest BCUT2D eigenvalue weighted by Gasteiger charge is 2.34. The average Bonchev–Trinajstić information content (AvgIpc) is 2.38. The number of hydrogen-bond acceptors (Lipinski definition) is 2. The second-order valence-electron chi connectivity index (χ2n) is 4.78. The van der Waals surface area contributed by atoms with Gasteiger partial charge in [0.15, 0.2) is 0 Å². The van der Waals surface area contributed by atoms with Crippen LogP contribution in [0.15, 0.2) is 18.2 Å². The van der Waals surface area contributed by atoms with Gasteiger partial charge in [-0.05, 0) is 38.0 Å². The van der Waals surface area contributed by atoms with E-state index in [1.54, 1.807) is 6.92 Å². The minimum atomic E-state index is -4.48. The number of rotatable bonds is 3. The average molecular weight is 284 g/mol. The number of alkyl halides is 3. The van der Waals surface area contributed by atoms with Gasteiger partial charge in [-0.15, -0.1) is 0 Å². The molecular weight excluding hydrogens is 269 g/mol. The minimum absolute atomic E-state index is 0.0304. The second kappa shape index (κ2) is 5.53. The maximum atomic E-state index is 12.8. The third kappa shape index (κ3) is 3.29. The van der Waals surface area contributed by atoms with Crippen LogP contribution >= 0.6 is 0 Å². The molecule has 0 aromatic heterocycles. The zero-order valence-corrected chi connectivity index (χ0v) is 11.4. The molecule has 1 atom stereocenters. The van der Waals surface area contributed by atoms with Gasteiger partial charge in [-0.3, -0.25) is 4.79 Å². The number of hydrogen-bond donors (Lipinski definition) is 1. The Morgan fingerprint density at radius 3 is 2.45 bits per heavy atom. The Morgan fingerprint density at radius 1 is 1.40 bits per heavy atom. The molecule has 1 aromatic rings. The number of benzene rings is 1. The first-order valence-corrected chi connectivity index (χ1v) is 6.04. The number of aryl methyl sites for hydroxylation is 1. The van der Waals surface area contributed by atoms with Crippen molar-refractivity contribution in [1.29, 1.82) is 5.26 Å². The Morgan fingerprint density at radius 2 is 2.00 bits per heavy atom. The first-order chi connectivity index (χ1) is 9.14. The number of carbonyl (C=O) groups excluding carboxylic acids is 1. The molecule has 1 unspecified atom stereocenters. The highest BCUT2D eigenvalue weighted by Crippen LogP contribution is 2.34. The van der Waals surface area contributed by atoms with Crippen molar-refractivity contribution < 1.29 is 18.0 Å². The van der Waals surface area contributed by atoms with Gasteiger partial charge in [0.25, 0.3) is 0 Å². The Labute approximate surface area is 115 Å². The van der Waals surface area contributed by atoms with Gasteiger partial charge in [-0.1, -0.05) is 13.0 Å². The van der Waals surface area contributed by atoms with Gasteiger partial charge in [0.05, 0.1) is 11.6 Å². The van der Waals surface area contributed by atoms with Crippen LogP contribution in [0.2, 0.25) is 0 Å². The summed E-state index contributed by atoms with van der Waals surface area (Å²) in [5.74, 6) is -0.612. The van der Waals surface area contributed by atoms with Crippen LogP contribution in [0.3, 0.4) is 0 Å². The van der Waals surface area contributed by atoms with E-state index in [0.29, 0.717) is 0 Å². The van der Waals surface area contributed by atoms with Crippen molar-refractivity contribution in [2.45, 2.75) is 33.4 Å². The van der Waals surface area contributed by atoms with E-state index in [1.165, 1.54) is 26.0 Å². The van der Waals surface area contributed by atoms with E-state index < -0.39 is 23.1 Å². The number of anilines is 1. The van der Waals surface area contributed by atoms with Crippen LogP contribution in [-0.2, 0) is 11.0 Å². The van der Waals surface area contributed by atoms with Crippen molar-refractivity contribution in [2.24, 2.45) is 5.41 Å². The molecule has 20 heavy (non-hydrogen) atoms. The minimum Gasteiger partial charge on any atom is -0.325 e. The standard InChI is InChI=1S/C14H15F3N2O/c1-4-13(3,8-18)12(20)19-10-6-5-9(2)11(7-10)14(15,16)17/h5-7H,4H2,1-3H3,(H,19,20). The predicted molar refractivity (Wildman–Crippen MR) is 68.8 cm³/mol. The van der Waals surface area contributed by atoms with Crippen LogP contribution in [0.1, 0.15) is 31.4 Å². The van der Waals surface area contributed by atoms with E-state index in [9.17, 15) is 18.0 Å². The molecule has 0 heterocycles. The molecule has 0 aliphatic carbocycles. The van der Waals surface area contributed by atoms with Crippen LogP contribution in [-0.4, -0.2) is 5.91 Å². The normalized spacial score (nSPS) is 14.2. The largest absolute Gasteiger partial charge is 0.416 e. The van der Waals surface area contributed by atoms with Gasteiger partial charge in [-0.25, -0.2) is 0 Å². The first-order valence-electron chi connectivity index (χ1n) is 6.04. The molecule has 1 rings (SSSR count). The van der Waals surface area contributed by atoms with Gasteiger partial charge < -0.3 is 5.32 Å². The fourth-order valence-corrected chi connectivity index (χ4v) is 1.56. The van der Waals surface area contributed by atoms with E-state index >= 15 is 0 Å². The Balaban J connectivity index is 3.07. The van der Waals surface area contributed by atoms with Crippen LogP contribution in [0.5, 0.6) is 0 Å². The van der Waals surface area contributed by atoms with Gasteiger partial charge in [0.2, 0.25) is 5.91 Å². The Kier molecular flexibility index (Phi) is 4.43. The van der Waals surface area contributed by atoms with Crippen molar-refractivity contribution >= 4 is 11.6 Å². The molecule has 108 valence electrons. The van der Waals surface area contributed by atoms with E-state index in [0.717, 1.165) is 6.07 Å². The van der Waals surface area contributed by atoms with Crippen LogP contribution < -0.4 is 5.32 Å². The topological polar surface area (TPSA) is 52.9 Å². The molecule has 0 bridgehead atoms. The SMILES string of the molecule is CCC(C)(C#N)C(=O)Nc1ccc(C)c(C(F)(F)F)c1. The lowest BCUT2D eigenvalue weighted by atomic mass is 9.88. The third-order valence-electron chi connectivity index (χ3n) is 3.26. The summed E-state index contributed by atoms with van der Waals surface area (Å²) < 4.78 is 38.3. The lowest BCUT2D eigenvalue weighted by molar-refractivity contribution is -0.138. The van der Waals surface area contributed by atoms with Crippen LogP contribution in [0, 0.1) is 23.7 Å². The van der Waals surface area contributed by atoms with E-state index in [1.807, 2.05) is 6.07 Å². The quantitative estimate of drug-likeness (QED) is 0.915. The molecular formula is C14H15F3N2O. The van der Waals surface area contributed by atoms with E-state index in [-0.39, 0.29) is 17.7 Å². The summed E-state index contributed by atoms with van der Waals surface area (Å²) in [5.41, 5.74) is -1.95. The third-order valence-corrected chi connectivity index (χ3v) is 3.26. The molecule has 0 radical (unpaired) electrons. The molecule has 0 aliphatic rings. The molecule has 0 spiro atoms. The smallest absolute Gasteiger partial charge is 0.325 e. The summed E-state index contributed by atoms with van der Waals surface area (Å²) in [6, 6.07) is 5.42. The predicted octanol–water partition coefficient (Wildman–Crippen LogP) is 3.89. The fraction of sp³-hybridized carbons (Fsp3) is 0.429. The summed E-state index contributed by atoms with van der Waals surface area (Å²) in [7, 11) is 0. The molecule has 1 aromatic carbocycles. The molecule has 0 fully saturated rings. The van der Waals surface area contributed by atoms with Gasteiger partial charge >= 0.3 is 6.18 Å². The highest BCUT2D eigenvalue weighted by molar-refractivity contribution is 5.97. The van der Waals surface area contributed by atoms with Crippen molar-refractivity contribution in [3.05, 3.63) is 29.3 Å². The lowest BCUT2D eigenvalue weighted by Crippen LogP contribution is -2.31. The number of carbonyl (C=O) groups is 1. The molecule has 3 nitrogen and oxygen atoms in total. The van der Waals surface area contributed by atoms with Crippen LogP contribution in [0.4, 0.5) is 18.9 Å². The summed E-state index contributed by atoms with van der Waals surface area (Å²) in [6.45, 7) is 4.46. The van der Waals surface area contributed by atoms with Crippen LogP contribution in [0.25, 0.3) is 0 Å². The number of halogens is 3. The fourth-order valence-electron chi connectivity index (χ4n) is 1.56. The molecule has 1 N–H and O–H groups in total. The maximum absolute atomic E-state index is 12.8. The van der Waals surface area contributed by atoms with E-state index in [2.05, 4.69) is 5.32 Å². The Hall–Kier alpha value is -2.03. The molecule has 0 saturated carbocycles. The first kappa shape index (κ1) is 16.0. The summed E-state index contributed by atoms with van der Waals surface area (Å²) >= 11 is 0. The molecule has 0 saturated heterocycles. The van der Waals surface area contributed by atoms with Crippen molar-refractivity contribution in [1.82, 2.24) is 0 Å². The maximum Gasteiger partial charge on any atom is 0.416 e. The van der Waals surface area contributed by atoms with Crippen molar-refractivity contribution in [3.63, 3.8) is 0 Å². The number of nitriles is 1. The number of nitrogens with one attached hydrogen (secondary N) is 1. The van der Waals surface area contributed by atoms with Gasteiger partial charge in [0.1, 0.15) is 5.41 Å². The van der Waals surface area contributed by atoms with E-state index in [4.69, 9.17) is 5.26 Å². The van der Waals surface area contributed by atoms with Gasteiger partial charge in [-0.2, -0.15) is 18.4 Å². The van der Waals surface area contributed by atoms with Crippen molar-refractivity contribution in [3.8, 4) is 6.07 Å². The summed E-state index contributed by atoms with van der Waals surface area (Å²) in [4.78, 5) is 11.9. The molecule has 6 heteroatoms. The van der Waals surface area contributed by atoms with Crippen molar-refractivity contribution in [2.75, 3.05) is 5.32 Å². The number of amides is 1. The lowest BCUT2D eigenvalue weighted by Gasteiger charge is -2.19. The zero-order chi connectivity index (χ0) is 15.6. The molecule has 1 amide bonds. The highest BCUT2D eigenvalue weighted by atomic mass is 19.4. The second-order valence-corrected chi connectivity index (χ2v) is 4.78. The molecule has 0 aliphatic heterocycles.